The second kappa shape index (κ2) is 8.56. The highest BCUT2D eigenvalue weighted by molar-refractivity contribution is 5.94. The van der Waals surface area contributed by atoms with E-state index in [1.54, 1.807) is 13.2 Å². The summed E-state index contributed by atoms with van der Waals surface area (Å²) in [5.41, 5.74) is 12.6. The van der Waals surface area contributed by atoms with Gasteiger partial charge in [0.15, 0.2) is 5.78 Å². The van der Waals surface area contributed by atoms with Crippen molar-refractivity contribution in [3.63, 3.8) is 0 Å². The first-order valence-corrected chi connectivity index (χ1v) is 10.1. The van der Waals surface area contributed by atoms with Gasteiger partial charge in [-0.25, -0.2) is 0 Å². The number of benzene rings is 3. The first-order chi connectivity index (χ1) is 14.6. The smallest absolute Gasteiger partial charge is 0.159 e. The van der Waals surface area contributed by atoms with Gasteiger partial charge in [-0.15, -0.1) is 0 Å². The number of nitrogens with two attached hydrogens (primary N) is 1. The molecule has 4 nitrogen and oxygen atoms in total. The van der Waals surface area contributed by atoms with E-state index < -0.39 is 0 Å². The molecule has 3 aromatic carbocycles. The minimum absolute atomic E-state index is 0.0318. The maximum absolute atomic E-state index is 11.8. The molecule has 0 amide bonds. The van der Waals surface area contributed by atoms with Crippen LogP contribution in [0, 0.1) is 0 Å². The van der Waals surface area contributed by atoms with Crippen LogP contribution in [-0.2, 0) is 19.6 Å². The second-order valence-electron chi connectivity index (χ2n) is 7.41. The Kier molecular flexibility index (Phi) is 5.68. The van der Waals surface area contributed by atoms with Gasteiger partial charge in [-0.05, 0) is 65.9 Å². The summed E-state index contributed by atoms with van der Waals surface area (Å²) in [5.74, 6) is 0.786. The molecule has 0 atom stereocenters. The van der Waals surface area contributed by atoms with Crippen LogP contribution in [0.5, 0.6) is 5.75 Å². The molecule has 0 aliphatic rings. The molecule has 0 aliphatic heterocycles. The van der Waals surface area contributed by atoms with E-state index in [0.717, 1.165) is 51.0 Å². The highest BCUT2D eigenvalue weighted by Gasteiger charge is 2.12. The monoisotopic (exact) mass is 399 g/mol. The number of hydrogen-bond donors (Lipinski definition) is 1. The lowest BCUT2D eigenvalue weighted by Gasteiger charge is -2.13. The Hall–Kier alpha value is -3.37. The predicted molar refractivity (Wildman–Crippen MR) is 120 cm³/mol. The molecule has 0 spiro atoms. The molecular weight excluding hydrogens is 374 g/mol. The van der Waals surface area contributed by atoms with Crippen molar-refractivity contribution >= 4 is 16.8 Å². The standard InChI is InChI=1S/C26H25NO3/c1-3-20-7-8-21(17(2)28)14-25(20)30-16-19-12-23-9-10-29-26(23)24(13-19)22-6-4-5-18(11-22)15-27/h4-14H,3,15-16,27H2,1-2H3. The van der Waals surface area contributed by atoms with Gasteiger partial charge in [0.1, 0.15) is 17.9 Å². The minimum Gasteiger partial charge on any atom is -0.489 e. The number of Topliss-reactive ketones (excluding diaryl/α,β-unsaturated/α-hetero) is 1. The lowest BCUT2D eigenvalue weighted by molar-refractivity contribution is 0.101. The normalized spacial score (nSPS) is 11.0. The molecule has 0 fully saturated rings. The molecule has 4 aromatic rings. The molecular formula is C26H25NO3. The lowest BCUT2D eigenvalue weighted by atomic mass is 9.99. The quantitative estimate of drug-likeness (QED) is 0.393. The van der Waals surface area contributed by atoms with Crippen molar-refractivity contribution in [1.82, 2.24) is 0 Å². The molecule has 0 bridgehead atoms. The summed E-state index contributed by atoms with van der Waals surface area (Å²) in [4.78, 5) is 11.8. The van der Waals surface area contributed by atoms with Gasteiger partial charge in [-0.3, -0.25) is 4.79 Å². The number of ether oxygens (including phenoxy) is 1. The zero-order chi connectivity index (χ0) is 21.1. The summed E-state index contributed by atoms with van der Waals surface area (Å²) in [6.45, 7) is 4.54. The summed E-state index contributed by atoms with van der Waals surface area (Å²) in [6.07, 6.45) is 2.54. The van der Waals surface area contributed by atoms with Crippen LogP contribution in [0.1, 0.15) is 40.9 Å². The van der Waals surface area contributed by atoms with E-state index in [-0.39, 0.29) is 5.78 Å². The maximum atomic E-state index is 11.8. The van der Waals surface area contributed by atoms with Crippen molar-refractivity contribution in [3.8, 4) is 16.9 Å². The number of ketones is 1. The molecule has 4 heteroatoms. The Morgan fingerprint density at radius 2 is 1.90 bits per heavy atom. The van der Waals surface area contributed by atoms with Gasteiger partial charge < -0.3 is 14.9 Å². The molecule has 4 rings (SSSR count). The zero-order valence-corrected chi connectivity index (χ0v) is 17.3. The van der Waals surface area contributed by atoms with E-state index in [1.165, 1.54) is 0 Å². The first-order valence-electron chi connectivity index (χ1n) is 10.1. The van der Waals surface area contributed by atoms with Crippen molar-refractivity contribution in [2.45, 2.75) is 33.4 Å². The molecule has 0 radical (unpaired) electrons. The van der Waals surface area contributed by atoms with E-state index in [1.807, 2.05) is 36.4 Å². The van der Waals surface area contributed by atoms with Gasteiger partial charge in [-0.2, -0.15) is 0 Å². The van der Waals surface area contributed by atoms with Crippen LogP contribution in [0.2, 0.25) is 0 Å². The summed E-state index contributed by atoms with van der Waals surface area (Å²) in [5, 5.41) is 1.03. The first kappa shape index (κ1) is 19.9. The number of hydrogen-bond acceptors (Lipinski definition) is 4. The van der Waals surface area contributed by atoms with Gasteiger partial charge >= 0.3 is 0 Å². The average Bonchev–Trinajstić information content (AvgIpc) is 3.25. The number of fused-ring (bicyclic) bond motifs is 1. The Labute approximate surface area is 176 Å². The van der Waals surface area contributed by atoms with Crippen LogP contribution in [-0.4, -0.2) is 5.78 Å². The van der Waals surface area contributed by atoms with Crippen molar-refractivity contribution in [2.24, 2.45) is 5.73 Å². The summed E-state index contributed by atoms with van der Waals surface area (Å²) in [7, 11) is 0. The van der Waals surface area contributed by atoms with Crippen LogP contribution in [0.25, 0.3) is 22.1 Å². The highest BCUT2D eigenvalue weighted by atomic mass is 16.5. The van der Waals surface area contributed by atoms with E-state index in [2.05, 4.69) is 31.2 Å². The number of furan rings is 1. The van der Waals surface area contributed by atoms with Crippen LogP contribution >= 0.6 is 0 Å². The lowest BCUT2D eigenvalue weighted by Crippen LogP contribution is -2.01. The molecule has 0 aliphatic carbocycles. The van der Waals surface area contributed by atoms with Crippen LogP contribution in [0.3, 0.4) is 0 Å². The maximum Gasteiger partial charge on any atom is 0.159 e. The molecule has 30 heavy (non-hydrogen) atoms. The molecule has 1 aromatic heterocycles. The van der Waals surface area contributed by atoms with E-state index in [0.29, 0.717) is 18.7 Å². The number of carbonyl (C=O) groups excluding carboxylic acids is 1. The van der Waals surface area contributed by atoms with Gasteiger partial charge in [0, 0.05) is 23.1 Å². The molecule has 0 saturated heterocycles. The van der Waals surface area contributed by atoms with Gasteiger partial charge in [-0.1, -0.05) is 37.3 Å². The van der Waals surface area contributed by atoms with Crippen LogP contribution in [0.4, 0.5) is 0 Å². The van der Waals surface area contributed by atoms with Gasteiger partial charge in [0.25, 0.3) is 0 Å². The Balaban J connectivity index is 1.69. The Morgan fingerprint density at radius 1 is 1.03 bits per heavy atom. The summed E-state index contributed by atoms with van der Waals surface area (Å²) >= 11 is 0. The van der Waals surface area contributed by atoms with E-state index in [4.69, 9.17) is 14.9 Å². The van der Waals surface area contributed by atoms with Crippen molar-refractivity contribution in [2.75, 3.05) is 0 Å². The number of carbonyl (C=O) groups is 1. The number of rotatable bonds is 7. The highest BCUT2D eigenvalue weighted by Crippen LogP contribution is 2.32. The molecule has 2 N–H and O–H groups in total. The molecule has 0 unspecified atom stereocenters. The minimum atomic E-state index is 0.0318. The third kappa shape index (κ3) is 4.00. The fraction of sp³-hybridized carbons (Fsp3) is 0.192. The van der Waals surface area contributed by atoms with Crippen molar-refractivity contribution < 1.29 is 13.9 Å². The fourth-order valence-electron chi connectivity index (χ4n) is 3.67. The predicted octanol–water partition coefficient (Wildman–Crippen LogP) is 5.90. The summed E-state index contributed by atoms with van der Waals surface area (Å²) in [6, 6.07) is 20.0. The largest absolute Gasteiger partial charge is 0.489 e. The molecule has 1 heterocycles. The SMILES string of the molecule is CCc1ccc(C(C)=O)cc1OCc1cc(-c2cccc(CN)c2)c2occc2c1. The second-order valence-corrected chi connectivity index (χ2v) is 7.41. The third-order valence-electron chi connectivity index (χ3n) is 5.33. The molecule has 0 saturated carbocycles. The van der Waals surface area contributed by atoms with Crippen molar-refractivity contribution in [3.05, 3.63) is 89.2 Å². The third-order valence-corrected chi connectivity index (χ3v) is 5.33. The Bertz CT molecular complexity index is 1210. The fourth-order valence-corrected chi connectivity index (χ4v) is 3.67. The topological polar surface area (TPSA) is 65.5 Å². The van der Waals surface area contributed by atoms with Gasteiger partial charge in [0.05, 0.1) is 6.26 Å². The zero-order valence-electron chi connectivity index (χ0n) is 17.3. The average molecular weight is 399 g/mol. The van der Waals surface area contributed by atoms with Gasteiger partial charge in [0.2, 0.25) is 0 Å². The van der Waals surface area contributed by atoms with E-state index >= 15 is 0 Å². The van der Waals surface area contributed by atoms with Crippen molar-refractivity contribution in [1.29, 1.82) is 0 Å². The number of aryl methyl sites for hydroxylation is 1. The molecule has 152 valence electrons. The Morgan fingerprint density at radius 3 is 2.67 bits per heavy atom. The van der Waals surface area contributed by atoms with Crippen LogP contribution < -0.4 is 10.5 Å². The van der Waals surface area contributed by atoms with E-state index in [9.17, 15) is 4.79 Å². The summed E-state index contributed by atoms with van der Waals surface area (Å²) < 4.78 is 11.9. The van der Waals surface area contributed by atoms with Crippen LogP contribution in [0.15, 0.2) is 71.3 Å².